The molecule has 2 N–H and O–H groups in total. The maximum absolute atomic E-state index is 11.0. The maximum Gasteiger partial charge on any atom is 0.359 e. The highest BCUT2D eigenvalue weighted by Crippen LogP contribution is 2.02. The summed E-state index contributed by atoms with van der Waals surface area (Å²) in [4.78, 5) is 21.6. The lowest BCUT2D eigenvalue weighted by Gasteiger charge is -1.99. The van der Waals surface area contributed by atoms with Crippen molar-refractivity contribution in [1.29, 1.82) is 0 Å². The summed E-state index contributed by atoms with van der Waals surface area (Å²) in [7, 11) is 0. The van der Waals surface area contributed by atoms with E-state index in [1.54, 1.807) is 0 Å². The van der Waals surface area contributed by atoms with Gasteiger partial charge in [0.15, 0.2) is 0 Å². The van der Waals surface area contributed by atoms with E-state index in [1.165, 1.54) is 19.1 Å². The van der Waals surface area contributed by atoms with Crippen LogP contribution in [0.1, 0.15) is 12.7 Å². The molecule has 0 unspecified atom stereocenters. The lowest BCUT2D eigenvalue weighted by molar-refractivity contribution is -0.114. The minimum absolute atomic E-state index is 0.0738. The Balaban J connectivity index is 2.99. The molecule has 0 aliphatic heterocycles. The number of aliphatic hydroxyl groups is 1. The van der Waals surface area contributed by atoms with Gasteiger partial charge in [-0.05, 0) is 12.1 Å². The highest BCUT2D eigenvalue weighted by molar-refractivity contribution is 5.88. The van der Waals surface area contributed by atoms with Crippen LogP contribution in [-0.2, 0) is 11.4 Å². The molecule has 0 atom stereocenters. The highest BCUT2D eigenvalue weighted by atomic mass is 16.4. The molecule has 1 aromatic rings. The summed E-state index contributed by atoms with van der Waals surface area (Å²) in [6, 6.07) is 2.81. The first-order valence-corrected chi connectivity index (χ1v) is 3.65. The van der Waals surface area contributed by atoms with Gasteiger partial charge in [0, 0.05) is 6.92 Å². The Morgan fingerprint density at radius 3 is 2.77 bits per heavy atom. The number of aliphatic hydroxyl groups excluding tert-OH is 1. The summed E-state index contributed by atoms with van der Waals surface area (Å²) in [5, 5.41) is 10.9. The Morgan fingerprint density at radius 2 is 2.31 bits per heavy atom. The number of rotatable bonds is 2. The molecule has 0 saturated heterocycles. The van der Waals surface area contributed by atoms with Gasteiger partial charge in [-0.15, -0.1) is 0 Å². The second-order valence-corrected chi connectivity index (χ2v) is 2.44. The van der Waals surface area contributed by atoms with Gasteiger partial charge >= 0.3 is 5.63 Å². The zero-order chi connectivity index (χ0) is 9.84. The van der Waals surface area contributed by atoms with Crippen LogP contribution in [0.15, 0.2) is 21.3 Å². The smallest absolute Gasteiger partial charge is 0.359 e. The van der Waals surface area contributed by atoms with Gasteiger partial charge in [0.25, 0.3) is 0 Å². The lowest BCUT2D eigenvalue weighted by Crippen LogP contribution is -2.14. The summed E-state index contributed by atoms with van der Waals surface area (Å²) in [6.07, 6.45) is 0. The van der Waals surface area contributed by atoms with Crippen molar-refractivity contribution >= 4 is 11.6 Å². The fourth-order valence-corrected chi connectivity index (χ4v) is 0.820. The van der Waals surface area contributed by atoms with Gasteiger partial charge in [-0.25, -0.2) is 4.79 Å². The van der Waals surface area contributed by atoms with E-state index in [1.807, 2.05) is 0 Å². The molecule has 1 heterocycles. The minimum atomic E-state index is -0.665. The van der Waals surface area contributed by atoms with Gasteiger partial charge in [-0.3, -0.25) is 4.79 Å². The number of anilines is 1. The first kappa shape index (κ1) is 9.47. The van der Waals surface area contributed by atoms with Gasteiger partial charge in [0.1, 0.15) is 18.1 Å². The second kappa shape index (κ2) is 3.86. The summed E-state index contributed by atoms with van der Waals surface area (Å²) in [5.41, 5.74) is -0.591. The van der Waals surface area contributed by atoms with Crippen molar-refractivity contribution in [2.75, 3.05) is 5.32 Å². The number of carbonyl (C=O) groups is 1. The van der Waals surface area contributed by atoms with Crippen molar-refractivity contribution in [3.05, 3.63) is 28.3 Å². The van der Waals surface area contributed by atoms with Crippen molar-refractivity contribution in [3.8, 4) is 0 Å². The number of amides is 1. The molecule has 0 aromatic carbocycles. The molecule has 70 valence electrons. The lowest BCUT2D eigenvalue weighted by atomic mass is 10.3. The summed E-state index contributed by atoms with van der Waals surface area (Å²) in [5.74, 6) is -0.178. The number of carbonyl (C=O) groups excluding carboxylic acids is 1. The van der Waals surface area contributed by atoms with Crippen molar-refractivity contribution in [3.63, 3.8) is 0 Å². The van der Waals surface area contributed by atoms with Gasteiger partial charge < -0.3 is 14.8 Å². The van der Waals surface area contributed by atoms with Crippen molar-refractivity contribution in [2.24, 2.45) is 0 Å². The Labute approximate surface area is 74.0 Å². The predicted molar refractivity (Wildman–Crippen MR) is 45.2 cm³/mol. The highest BCUT2D eigenvalue weighted by Gasteiger charge is 2.03. The van der Waals surface area contributed by atoms with Gasteiger partial charge in [-0.2, -0.15) is 0 Å². The van der Waals surface area contributed by atoms with E-state index in [0.29, 0.717) is 0 Å². The van der Waals surface area contributed by atoms with Crippen LogP contribution in [0.4, 0.5) is 5.69 Å². The molecule has 0 fully saturated rings. The first-order chi connectivity index (χ1) is 6.13. The van der Waals surface area contributed by atoms with Crippen LogP contribution in [0.5, 0.6) is 0 Å². The molecule has 5 nitrogen and oxygen atoms in total. The molecule has 1 amide bonds. The molecule has 5 heteroatoms. The third-order valence-corrected chi connectivity index (χ3v) is 1.35. The van der Waals surface area contributed by atoms with Crippen LogP contribution >= 0.6 is 0 Å². The quantitative estimate of drug-likeness (QED) is 0.681. The van der Waals surface area contributed by atoms with Crippen LogP contribution < -0.4 is 10.9 Å². The molecule has 0 saturated carbocycles. The topological polar surface area (TPSA) is 79.5 Å². The van der Waals surface area contributed by atoms with Gasteiger partial charge in [0.05, 0.1) is 0 Å². The Kier molecular flexibility index (Phi) is 2.81. The predicted octanol–water partition coefficient (Wildman–Crippen LogP) is 0.0905. The van der Waals surface area contributed by atoms with E-state index in [4.69, 9.17) is 5.11 Å². The van der Waals surface area contributed by atoms with E-state index in [9.17, 15) is 9.59 Å². The largest absolute Gasteiger partial charge is 0.424 e. The summed E-state index contributed by atoms with van der Waals surface area (Å²) in [6.45, 7) is 0.953. The van der Waals surface area contributed by atoms with E-state index < -0.39 is 5.63 Å². The molecular weight excluding hydrogens is 174 g/mol. The van der Waals surface area contributed by atoms with E-state index in [2.05, 4.69) is 9.73 Å². The molecule has 0 aliphatic carbocycles. The van der Waals surface area contributed by atoms with Crippen LogP contribution in [0.2, 0.25) is 0 Å². The van der Waals surface area contributed by atoms with Crippen LogP contribution in [0.25, 0.3) is 0 Å². The average Bonchev–Trinajstić information content (AvgIpc) is 2.08. The van der Waals surface area contributed by atoms with E-state index in [-0.39, 0.29) is 24.0 Å². The number of hydrogen-bond donors (Lipinski definition) is 2. The van der Waals surface area contributed by atoms with Crippen molar-refractivity contribution in [2.45, 2.75) is 13.5 Å². The fourth-order valence-electron chi connectivity index (χ4n) is 0.820. The third kappa shape index (κ3) is 2.41. The number of nitrogens with one attached hydrogen (secondary N) is 1. The van der Waals surface area contributed by atoms with Gasteiger partial charge in [0.2, 0.25) is 5.91 Å². The standard InChI is InChI=1S/C8H9NO4/c1-5(11)9-7-3-2-6(4-10)13-8(7)12/h2-3,10H,4H2,1H3,(H,9,11). The third-order valence-electron chi connectivity index (χ3n) is 1.35. The first-order valence-electron chi connectivity index (χ1n) is 3.65. The molecule has 0 spiro atoms. The normalized spacial score (nSPS) is 9.69. The van der Waals surface area contributed by atoms with Crippen molar-refractivity contribution < 1.29 is 14.3 Å². The van der Waals surface area contributed by atoms with Crippen LogP contribution in [0.3, 0.4) is 0 Å². The molecule has 0 radical (unpaired) electrons. The molecule has 1 rings (SSSR count). The number of hydrogen-bond acceptors (Lipinski definition) is 4. The molecule has 0 aliphatic rings. The van der Waals surface area contributed by atoms with Crippen LogP contribution in [0, 0.1) is 0 Å². The Bertz CT molecular complexity index is 369. The zero-order valence-corrected chi connectivity index (χ0v) is 7.03. The molecule has 0 bridgehead atoms. The molecular formula is C8H9NO4. The maximum atomic E-state index is 11.0. The SMILES string of the molecule is CC(=O)Nc1ccc(CO)oc1=O. The minimum Gasteiger partial charge on any atom is -0.424 e. The Hall–Kier alpha value is -1.62. The summed E-state index contributed by atoms with van der Waals surface area (Å²) >= 11 is 0. The van der Waals surface area contributed by atoms with E-state index >= 15 is 0 Å². The van der Waals surface area contributed by atoms with Crippen molar-refractivity contribution in [1.82, 2.24) is 0 Å². The van der Waals surface area contributed by atoms with E-state index in [0.717, 1.165) is 0 Å². The van der Waals surface area contributed by atoms with Gasteiger partial charge in [-0.1, -0.05) is 0 Å². The second-order valence-electron chi connectivity index (χ2n) is 2.44. The Morgan fingerprint density at radius 1 is 1.62 bits per heavy atom. The summed E-state index contributed by atoms with van der Waals surface area (Å²) < 4.78 is 4.64. The zero-order valence-electron chi connectivity index (χ0n) is 7.03. The fraction of sp³-hybridized carbons (Fsp3) is 0.250. The van der Waals surface area contributed by atoms with Crippen LogP contribution in [-0.4, -0.2) is 11.0 Å². The monoisotopic (exact) mass is 183 g/mol. The molecule has 1 aromatic heterocycles. The average molecular weight is 183 g/mol. The molecule has 13 heavy (non-hydrogen) atoms.